The lowest BCUT2D eigenvalue weighted by molar-refractivity contribution is 0.0363. The van der Waals surface area contributed by atoms with Crippen molar-refractivity contribution in [2.75, 3.05) is 39.5 Å². The van der Waals surface area contributed by atoms with Gasteiger partial charge in [-0.15, -0.1) is 0 Å². The van der Waals surface area contributed by atoms with Crippen LogP contribution < -0.4 is 10.4 Å². The first-order chi connectivity index (χ1) is 15.0. The molecule has 166 valence electrons. The van der Waals surface area contributed by atoms with E-state index in [4.69, 9.17) is 26.5 Å². The van der Waals surface area contributed by atoms with Gasteiger partial charge in [-0.25, -0.2) is 0 Å². The smallest absolute Gasteiger partial charge is 0.203 e. The molecular formula is C23H29ClN4O3. The van der Waals surface area contributed by atoms with Crippen molar-refractivity contribution in [1.82, 2.24) is 14.0 Å². The fourth-order valence-electron chi connectivity index (χ4n) is 3.93. The van der Waals surface area contributed by atoms with Crippen molar-refractivity contribution in [1.29, 1.82) is 5.41 Å². The largest absolute Gasteiger partial charge is 0.491 e. The van der Waals surface area contributed by atoms with Crippen molar-refractivity contribution in [2.24, 2.45) is 0 Å². The summed E-state index contributed by atoms with van der Waals surface area (Å²) in [6.07, 6.45) is -0.747. The van der Waals surface area contributed by atoms with Crippen LogP contribution in [-0.2, 0) is 17.8 Å². The Morgan fingerprint density at radius 1 is 1.10 bits per heavy atom. The summed E-state index contributed by atoms with van der Waals surface area (Å²) in [5, 5.41) is 20.1. The fraction of sp³-hybridized carbons (Fsp3) is 0.435. The van der Waals surface area contributed by atoms with Gasteiger partial charge in [0.2, 0.25) is 5.62 Å². The minimum atomic E-state index is -0.747. The van der Waals surface area contributed by atoms with Gasteiger partial charge in [0.1, 0.15) is 18.5 Å². The molecule has 0 spiro atoms. The third-order valence-electron chi connectivity index (χ3n) is 5.68. The van der Waals surface area contributed by atoms with Crippen LogP contribution in [0.1, 0.15) is 5.56 Å². The highest BCUT2D eigenvalue weighted by Gasteiger charge is 2.16. The molecule has 0 saturated carbocycles. The first kappa shape index (κ1) is 21.9. The number of aliphatic hydroxyl groups excluding tert-OH is 1. The Labute approximate surface area is 186 Å². The van der Waals surface area contributed by atoms with E-state index in [0.717, 1.165) is 56.0 Å². The zero-order valence-electron chi connectivity index (χ0n) is 17.8. The monoisotopic (exact) mass is 444 g/mol. The third kappa shape index (κ3) is 5.13. The minimum Gasteiger partial charge on any atom is -0.491 e. The number of rotatable bonds is 8. The molecule has 1 fully saturated rings. The van der Waals surface area contributed by atoms with E-state index in [9.17, 15) is 5.11 Å². The number of fused-ring (bicyclic) bond motifs is 1. The van der Waals surface area contributed by atoms with Crippen molar-refractivity contribution >= 4 is 22.6 Å². The standard InChI is InChI=1S/C23H29ClN4O3/c1-17-14-19(6-7-20(17)24)31-16-18(29)15-28-22-5-3-2-4-21(22)27(23(28)25)9-8-26-10-12-30-13-11-26/h2-7,14,18,25,29H,8-13,15-16H2,1H3/t18-/m0/s1. The maximum atomic E-state index is 10.6. The Hall–Kier alpha value is -2.32. The summed E-state index contributed by atoms with van der Waals surface area (Å²) in [5.41, 5.74) is 3.26. The van der Waals surface area contributed by atoms with Crippen LogP contribution >= 0.6 is 11.6 Å². The molecule has 31 heavy (non-hydrogen) atoms. The number of morpholine rings is 1. The van der Waals surface area contributed by atoms with E-state index in [-0.39, 0.29) is 13.2 Å². The molecule has 1 atom stereocenters. The number of halogens is 1. The van der Waals surface area contributed by atoms with Gasteiger partial charge < -0.3 is 23.7 Å². The normalized spacial score (nSPS) is 16.0. The van der Waals surface area contributed by atoms with Crippen molar-refractivity contribution < 1.29 is 14.6 Å². The van der Waals surface area contributed by atoms with Gasteiger partial charge in [0, 0.05) is 31.2 Å². The molecule has 2 heterocycles. The van der Waals surface area contributed by atoms with Crippen LogP contribution in [0.25, 0.3) is 11.0 Å². The highest BCUT2D eigenvalue weighted by Crippen LogP contribution is 2.21. The molecule has 7 nitrogen and oxygen atoms in total. The average Bonchev–Trinajstić information content (AvgIpc) is 3.05. The fourth-order valence-corrected chi connectivity index (χ4v) is 4.05. The summed E-state index contributed by atoms with van der Waals surface area (Å²) >= 11 is 6.06. The topological polar surface area (TPSA) is 75.6 Å². The molecule has 0 aliphatic carbocycles. The maximum absolute atomic E-state index is 10.6. The van der Waals surface area contributed by atoms with Crippen molar-refractivity contribution in [3.05, 3.63) is 58.7 Å². The zero-order chi connectivity index (χ0) is 21.8. The lowest BCUT2D eigenvalue weighted by atomic mass is 10.2. The predicted molar refractivity (Wildman–Crippen MR) is 121 cm³/mol. The van der Waals surface area contributed by atoms with Crippen LogP contribution in [0.15, 0.2) is 42.5 Å². The van der Waals surface area contributed by atoms with Gasteiger partial charge in [-0.1, -0.05) is 23.7 Å². The van der Waals surface area contributed by atoms with Crippen molar-refractivity contribution in [2.45, 2.75) is 26.1 Å². The van der Waals surface area contributed by atoms with Gasteiger partial charge in [0.05, 0.1) is 30.8 Å². The molecule has 2 aromatic carbocycles. The van der Waals surface area contributed by atoms with Crippen molar-refractivity contribution in [3.63, 3.8) is 0 Å². The summed E-state index contributed by atoms with van der Waals surface area (Å²) < 4.78 is 15.0. The number of aromatic nitrogens is 2. The number of aliphatic hydroxyl groups is 1. The Balaban J connectivity index is 1.47. The Morgan fingerprint density at radius 2 is 1.81 bits per heavy atom. The Morgan fingerprint density at radius 3 is 2.52 bits per heavy atom. The molecule has 2 N–H and O–H groups in total. The summed E-state index contributed by atoms with van der Waals surface area (Å²) in [6.45, 7) is 7.31. The van der Waals surface area contributed by atoms with Crippen LogP contribution in [-0.4, -0.2) is 64.7 Å². The predicted octanol–water partition coefficient (Wildman–Crippen LogP) is 2.66. The number of benzene rings is 2. The molecule has 0 amide bonds. The van der Waals surface area contributed by atoms with Gasteiger partial charge in [-0.2, -0.15) is 0 Å². The number of hydrogen-bond acceptors (Lipinski definition) is 5. The number of ether oxygens (including phenoxy) is 2. The molecule has 1 aliphatic heterocycles. The lowest BCUT2D eigenvalue weighted by Crippen LogP contribution is -2.39. The minimum absolute atomic E-state index is 0.140. The SMILES string of the molecule is Cc1cc(OC[C@@H](O)Cn2c(=N)n(CCN3CCOCC3)c3ccccc32)ccc1Cl. The third-order valence-corrected chi connectivity index (χ3v) is 6.11. The summed E-state index contributed by atoms with van der Waals surface area (Å²) in [7, 11) is 0. The van der Waals surface area contributed by atoms with E-state index in [1.165, 1.54) is 0 Å². The second-order valence-electron chi connectivity index (χ2n) is 7.90. The Bertz CT molecular complexity index is 1090. The van der Waals surface area contributed by atoms with E-state index >= 15 is 0 Å². The second kappa shape index (κ2) is 9.87. The van der Waals surface area contributed by atoms with Crippen LogP contribution in [0.5, 0.6) is 5.75 Å². The molecule has 0 unspecified atom stereocenters. The number of aryl methyl sites for hydroxylation is 1. The first-order valence-corrected chi connectivity index (χ1v) is 11.0. The number of hydrogen-bond donors (Lipinski definition) is 2. The first-order valence-electron chi connectivity index (χ1n) is 10.6. The number of para-hydroxylation sites is 2. The van der Waals surface area contributed by atoms with Gasteiger partial charge >= 0.3 is 0 Å². The highest BCUT2D eigenvalue weighted by atomic mass is 35.5. The van der Waals surface area contributed by atoms with E-state index < -0.39 is 6.10 Å². The molecule has 0 radical (unpaired) electrons. The van der Waals surface area contributed by atoms with E-state index in [2.05, 4.69) is 4.90 Å². The van der Waals surface area contributed by atoms with Crippen LogP contribution in [0.2, 0.25) is 5.02 Å². The molecule has 4 rings (SSSR count). The molecule has 1 saturated heterocycles. The van der Waals surface area contributed by atoms with Gasteiger partial charge in [0.25, 0.3) is 0 Å². The highest BCUT2D eigenvalue weighted by molar-refractivity contribution is 6.31. The summed E-state index contributed by atoms with van der Waals surface area (Å²) in [6, 6.07) is 13.4. The van der Waals surface area contributed by atoms with Gasteiger partial charge in [-0.05, 0) is 42.8 Å². The summed E-state index contributed by atoms with van der Waals surface area (Å²) in [5.74, 6) is 0.671. The molecule has 1 aliphatic rings. The van der Waals surface area contributed by atoms with E-state index in [1.807, 2.05) is 46.4 Å². The van der Waals surface area contributed by atoms with E-state index in [0.29, 0.717) is 16.4 Å². The van der Waals surface area contributed by atoms with Crippen molar-refractivity contribution in [3.8, 4) is 5.75 Å². The number of nitrogens with one attached hydrogen (secondary N) is 1. The quantitative estimate of drug-likeness (QED) is 0.560. The van der Waals surface area contributed by atoms with Crippen LogP contribution in [0, 0.1) is 12.3 Å². The maximum Gasteiger partial charge on any atom is 0.203 e. The molecule has 1 aromatic heterocycles. The second-order valence-corrected chi connectivity index (χ2v) is 8.31. The van der Waals surface area contributed by atoms with E-state index in [1.54, 1.807) is 12.1 Å². The molecule has 3 aromatic rings. The Kier molecular flexibility index (Phi) is 6.97. The van der Waals surface area contributed by atoms with Crippen LogP contribution in [0.3, 0.4) is 0 Å². The molecular weight excluding hydrogens is 416 g/mol. The summed E-state index contributed by atoms with van der Waals surface area (Å²) in [4.78, 5) is 2.36. The average molecular weight is 445 g/mol. The molecule has 0 bridgehead atoms. The lowest BCUT2D eigenvalue weighted by Gasteiger charge is -2.26. The van der Waals surface area contributed by atoms with Crippen LogP contribution in [0.4, 0.5) is 0 Å². The number of imidazole rings is 1. The van der Waals surface area contributed by atoms with Gasteiger partial charge in [-0.3, -0.25) is 10.3 Å². The zero-order valence-corrected chi connectivity index (χ0v) is 18.5. The van der Waals surface area contributed by atoms with Gasteiger partial charge in [0.15, 0.2) is 0 Å². The number of nitrogens with zero attached hydrogens (tertiary/aromatic N) is 3. The molecule has 8 heteroatoms.